The summed E-state index contributed by atoms with van der Waals surface area (Å²) in [4.78, 5) is 16.5. The van der Waals surface area contributed by atoms with Crippen molar-refractivity contribution in [3.63, 3.8) is 0 Å². The molecule has 0 saturated carbocycles. The Morgan fingerprint density at radius 2 is 2.17 bits per heavy atom. The van der Waals surface area contributed by atoms with E-state index in [1.165, 1.54) is 0 Å². The first kappa shape index (κ1) is 15.4. The number of aromatic nitrogens is 4. The monoisotopic (exact) mass is 313 g/mol. The maximum Gasteiger partial charge on any atom is 0.251 e. The summed E-state index contributed by atoms with van der Waals surface area (Å²) in [6, 6.07) is 5.65. The molecule has 1 amide bonds. The number of hydrogen-bond donors (Lipinski definition) is 1. The molecule has 0 bridgehead atoms. The van der Waals surface area contributed by atoms with E-state index in [1.807, 2.05) is 16.7 Å². The molecule has 0 atom stereocenters. The van der Waals surface area contributed by atoms with Gasteiger partial charge in [0.05, 0.1) is 24.0 Å². The topological polar surface area (TPSA) is 81.9 Å². The van der Waals surface area contributed by atoms with Gasteiger partial charge >= 0.3 is 0 Å². The summed E-state index contributed by atoms with van der Waals surface area (Å²) < 4.78 is 6.98. The molecule has 1 N–H and O–H groups in total. The SMILES string of the molecule is COCCNC(=O)c1ccc2nnc3ncn(C(C)C)c3c2c1. The second kappa shape index (κ2) is 6.29. The van der Waals surface area contributed by atoms with Crippen LogP contribution in [0, 0.1) is 0 Å². The highest BCUT2D eigenvalue weighted by Crippen LogP contribution is 2.24. The fourth-order valence-electron chi connectivity index (χ4n) is 2.50. The van der Waals surface area contributed by atoms with E-state index < -0.39 is 0 Å². The van der Waals surface area contributed by atoms with Crippen molar-refractivity contribution in [1.29, 1.82) is 0 Å². The van der Waals surface area contributed by atoms with Crippen LogP contribution in [0.2, 0.25) is 0 Å². The van der Waals surface area contributed by atoms with Crippen LogP contribution in [0.15, 0.2) is 24.5 Å². The fraction of sp³-hybridized carbons (Fsp3) is 0.375. The number of fused-ring (bicyclic) bond motifs is 3. The van der Waals surface area contributed by atoms with E-state index in [-0.39, 0.29) is 11.9 Å². The fourth-order valence-corrected chi connectivity index (χ4v) is 2.50. The van der Waals surface area contributed by atoms with Crippen molar-refractivity contribution in [2.45, 2.75) is 19.9 Å². The van der Waals surface area contributed by atoms with E-state index in [1.54, 1.807) is 19.5 Å². The van der Waals surface area contributed by atoms with Gasteiger partial charge in [-0.15, -0.1) is 10.2 Å². The highest BCUT2D eigenvalue weighted by Gasteiger charge is 2.14. The average Bonchev–Trinajstić information content (AvgIpc) is 2.99. The molecule has 0 spiro atoms. The summed E-state index contributed by atoms with van der Waals surface area (Å²) >= 11 is 0. The Hall–Kier alpha value is -2.54. The number of hydrogen-bond acceptors (Lipinski definition) is 5. The van der Waals surface area contributed by atoms with Gasteiger partial charge in [0.1, 0.15) is 0 Å². The zero-order valence-corrected chi connectivity index (χ0v) is 13.4. The molecule has 0 unspecified atom stereocenters. The van der Waals surface area contributed by atoms with Crippen molar-refractivity contribution in [1.82, 2.24) is 25.1 Å². The number of carbonyl (C=O) groups excluding carboxylic acids is 1. The van der Waals surface area contributed by atoms with Gasteiger partial charge in [0.15, 0.2) is 0 Å². The Balaban J connectivity index is 2.08. The van der Waals surface area contributed by atoms with Crippen LogP contribution < -0.4 is 5.32 Å². The van der Waals surface area contributed by atoms with Crippen molar-refractivity contribution in [3.05, 3.63) is 30.1 Å². The Morgan fingerprint density at radius 3 is 2.91 bits per heavy atom. The molecule has 3 aromatic rings. The third-order valence-corrected chi connectivity index (χ3v) is 3.69. The molecule has 0 saturated heterocycles. The van der Waals surface area contributed by atoms with Crippen LogP contribution in [0.25, 0.3) is 22.1 Å². The normalized spacial score (nSPS) is 11.5. The lowest BCUT2D eigenvalue weighted by Gasteiger charge is -2.10. The molecule has 0 aliphatic rings. The van der Waals surface area contributed by atoms with Crippen molar-refractivity contribution < 1.29 is 9.53 Å². The van der Waals surface area contributed by atoms with E-state index in [4.69, 9.17) is 4.74 Å². The Labute approximate surface area is 133 Å². The Morgan fingerprint density at radius 1 is 1.35 bits per heavy atom. The number of carbonyl (C=O) groups is 1. The van der Waals surface area contributed by atoms with E-state index in [0.717, 1.165) is 16.4 Å². The lowest BCUT2D eigenvalue weighted by atomic mass is 10.1. The second-order valence-electron chi connectivity index (χ2n) is 5.60. The van der Waals surface area contributed by atoms with Gasteiger partial charge in [-0.25, -0.2) is 4.98 Å². The maximum atomic E-state index is 12.2. The van der Waals surface area contributed by atoms with Crippen molar-refractivity contribution in [2.24, 2.45) is 0 Å². The zero-order valence-electron chi connectivity index (χ0n) is 13.4. The summed E-state index contributed by atoms with van der Waals surface area (Å²) in [5.74, 6) is -0.135. The summed E-state index contributed by atoms with van der Waals surface area (Å²) in [7, 11) is 1.60. The first-order valence-electron chi connectivity index (χ1n) is 7.52. The molecular weight excluding hydrogens is 294 g/mol. The van der Waals surface area contributed by atoms with Crippen LogP contribution in [-0.4, -0.2) is 45.9 Å². The number of nitrogens with one attached hydrogen (secondary N) is 1. The largest absolute Gasteiger partial charge is 0.383 e. The van der Waals surface area contributed by atoms with E-state index in [2.05, 4.69) is 34.3 Å². The van der Waals surface area contributed by atoms with Crippen molar-refractivity contribution in [3.8, 4) is 0 Å². The predicted molar refractivity (Wildman–Crippen MR) is 87.4 cm³/mol. The quantitative estimate of drug-likeness (QED) is 0.728. The van der Waals surface area contributed by atoms with Crippen LogP contribution in [-0.2, 0) is 4.74 Å². The zero-order chi connectivity index (χ0) is 16.4. The molecule has 7 nitrogen and oxygen atoms in total. The number of benzene rings is 1. The van der Waals surface area contributed by atoms with Crippen molar-refractivity contribution >= 4 is 28.0 Å². The highest BCUT2D eigenvalue weighted by atomic mass is 16.5. The molecular formula is C16H19N5O2. The number of methoxy groups -OCH3 is 1. The lowest BCUT2D eigenvalue weighted by molar-refractivity contribution is 0.0937. The summed E-state index contributed by atoms with van der Waals surface area (Å²) in [6.07, 6.45) is 1.76. The summed E-state index contributed by atoms with van der Waals surface area (Å²) in [5, 5.41) is 12.0. The number of nitrogens with zero attached hydrogens (tertiary/aromatic N) is 4. The van der Waals surface area contributed by atoms with Gasteiger partial charge in [0.2, 0.25) is 5.65 Å². The molecule has 0 radical (unpaired) electrons. The van der Waals surface area contributed by atoms with E-state index in [9.17, 15) is 4.79 Å². The average molecular weight is 313 g/mol. The summed E-state index contributed by atoms with van der Waals surface area (Å²) in [6.45, 7) is 5.11. The maximum absolute atomic E-state index is 12.2. The second-order valence-corrected chi connectivity index (χ2v) is 5.60. The van der Waals surface area contributed by atoms with Gasteiger partial charge in [-0.1, -0.05) is 0 Å². The molecule has 2 aromatic heterocycles. The van der Waals surface area contributed by atoms with Gasteiger partial charge in [0, 0.05) is 30.6 Å². The number of imidazole rings is 1. The van der Waals surface area contributed by atoms with Gasteiger partial charge in [-0.3, -0.25) is 4.79 Å². The molecule has 0 aliphatic carbocycles. The molecule has 0 fully saturated rings. The third-order valence-electron chi connectivity index (χ3n) is 3.69. The standard InChI is InChI=1S/C16H19N5O2/c1-10(2)21-9-18-15-14(21)12-8-11(4-5-13(12)19-20-15)16(22)17-6-7-23-3/h4-5,8-10H,6-7H2,1-3H3,(H,17,22). The van der Waals surface area contributed by atoms with Gasteiger partial charge in [0.25, 0.3) is 5.91 Å². The first-order valence-corrected chi connectivity index (χ1v) is 7.52. The molecule has 23 heavy (non-hydrogen) atoms. The van der Waals surface area contributed by atoms with Gasteiger partial charge < -0.3 is 14.6 Å². The Bertz CT molecular complexity index is 856. The third kappa shape index (κ3) is 2.87. The highest BCUT2D eigenvalue weighted by molar-refractivity contribution is 6.05. The van der Waals surface area contributed by atoms with Crippen molar-refractivity contribution in [2.75, 3.05) is 20.3 Å². The summed E-state index contributed by atoms with van der Waals surface area (Å²) in [5.41, 5.74) is 2.81. The molecule has 2 heterocycles. The van der Waals surface area contributed by atoms with Crippen LogP contribution in [0.5, 0.6) is 0 Å². The number of ether oxygens (including phenoxy) is 1. The number of rotatable bonds is 5. The smallest absolute Gasteiger partial charge is 0.251 e. The van der Waals surface area contributed by atoms with Crippen LogP contribution in [0.3, 0.4) is 0 Å². The lowest BCUT2D eigenvalue weighted by Crippen LogP contribution is -2.26. The molecule has 7 heteroatoms. The number of amides is 1. The van der Waals surface area contributed by atoms with Gasteiger partial charge in [-0.2, -0.15) is 0 Å². The van der Waals surface area contributed by atoms with Crippen LogP contribution in [0.4, 0.5) is 0 Å². The minimum atomic E-state index is -0.135. The van der Waals surface area contributed by atoms with E-state index >= 15 is 0 Å². The minimum absolute atomic E-state index is 0.135. The Kier molecular flexibility index (Phi) is 4.20. The predicted octanol–water partition coefficient (Wildman–Crippen LogP) is 1.94. The molecule has 1 aromatic carbocycles. The molecule has 0 aliphatic heterocycles. The first-order chi connectivity index (χ1) is 11.1. The van der Waals surface area contributed by atoms with E-state index in [0.29, 0.717) is 24.4 Å². The van der Waals surface area contributed by atoms with Gasteiger partial charge in [-0.05, 0) is 32.0 Å². The minimum Gasteiger partial charge on any atom is -0.383 e. The van der Waals surface area contributed by atoms with Crippen LogP contribution >= 0.6 is 0 Å². The molecule has 120 valence electrons. The van der Waals surface area contributed by atoms with Crippen LogP contribution in [0.1, 0.15) is 30.2 Å². The molecule has 3 rings (SSSR count).